The molecule has 76 valence electrons. The number of nitrogens with one attached hydrogen (secondary N) is 1. The Morgan fingerprint density at radius 3 is 2.86 bits per heavy atom. The standard InChI is InChI=1S/C10H13FN2O/c11-7-3-1-2-4-8(7)13-9-5-6-14-10(9)12/h1-4,9-10,13H,5-6,12H2. The van der Waals surface area contributed by atoms with E-state index in [4.69, 9.17) is 10.5 Å². The first kappa shape index (κ1) is 9.43. The number of halogens is 1. The number of nitrogens with two attached hydrogens (primary N) is 1. The summed E-state index contributed by atoms with van der Waals surface area (Å²) in [5.74, 6) is -0.258. The van der Waals surface area contributed by atoms with Crippen LogP contribution in [-0.2, 0) is 4.74 Å². The number of anilines is 1. The van der Waals surface area contributed by atoms with Crippen LogP contribution in [0.5, 0.6) is 0 Å². The Kier molecular flexibility index (Phi) is 2.65. The van der Waals surface area contributed by atoms with Crippen molar-refractivity contribution in [3.8, 4) is 0 Å². The van der Waals surface area contributed by atoms with Crippen LogP contribution < -0.4 is 11.1 Å². The Balaban J connectivity index is 2.07. The van der Waals surface area contributed by atoms with Gasteiger partial charge in [0.1, 0.15) is 12.0 Å². The molecule has 1 aromatic rings. The first-order valence-electron chi connectivity index (χ1n) is 4.65. The Labute approximate surface area is 82.1 Å². The van der Waals surface area contributed by atoms with Crippen molar-refractivity contribution >= 4 is 5.69 Å². The van der Waals surface area contributed by atoms with Crippen molar-refractivity contribution in [2.24, 2.45) is 5.73 Å². The molecule has 2 atom stereocenters. The van der Waals surface area contributed by atoms with Gasteiger partial charge in [-0.1, -0.05) is 12.1 Å². The molecule has 0 radical (unpaired) electrons. The second kappa shape index (κ2) is 3.94. The normalized spacial score (nSPS) is 26.4. The van der Waals surface area contributed by atoms with Crippen LogP contribution in [0.2, 0.25) is 0 Å². The average Bonchev–Trinajstić information content (AvgIpc) is 2.56. The lowest BCUT2D eigenvalue weighted by atomic mass is 10.2. The largest absolute Gasteiger partial charge is 0.376 e. The van der Waals surface area contributed by atoms with Gasteiger partial charge in [-0.05, 0) is 18.6 Å². The highest BCUT2D eigenvalue weighted by Crippen LogP contribution is 2.18. The molecule has 3 N–H and O–H groups in total. The van der Waals surface area contributed by atoms with Gasteiger partial charge in [-0.15, -0.1) is 0 Å². The number of rotatable bonds is 2. The fraction of sp³-hybridized carbons (Fsp3) is 0.400. The van der Waals surface area contributed by atoms with E-state index in [9.17, 15) is 4.39 Å². The van der Waals surface area contributed by atoms with E-state index in [1.54, 1.807) is 18.2 Å². The molecule has 0 aliphatic carbocycles. The maximum atomic E-state index is 13.2. The van der Waals surface area contributed by atoms with E-state index >= 15 is 0 Å². The van der Waals surface area contributed by atoms with Crippen molar-refractivity contribution in [1.82, 2.24) is 0 Å². The lowest BCUT2D eigenvalue weighted by Gasteiger charge is -2.17. The minimum atomic E-state index is -0.338. The molecular weight excluding hydrogens is 183 g/mol. The monoisotopic (exact) mass is 196 g/mol. The maximum Gasteiger partial charge on any atom is 0.146 e. The van der Waals surface area contributed by atoms with Gasteiger partial charge < -0.3 is 15.8 Å². The summed E-state index contributed by atoms with van der Waals surface area (Å²) < 4.78 is 18.4. The molecule has 2 unspecified atom stereocenters. The predicted molar refractivity (Wildman–Crippen MR) is 52.4 cm³/mol. The van der Waals surface area contributed by atoms with E-state index < -0.39 is 0 Å². The third-order valence-electron chi connectivity index (χ3n) is 2.35. The van der Waals surface area contributed by atoms with Crippen LogP contribution in [0.4, 0.5) is 10.1 Å². The van der Waals surface area contributed by atoms with E-state index in [2.05, 4.69) is 5.32 Å². The summed E-state index contributed by atoms with van der Waals surface area (Å²) in [5, 5.41) is 3.03. The van der Waals surface area contributed by atoms with E-state index in [1.807, 2.05) is 0 Å². The van der Waals surface area contributed by atoms with Gasteiger partial charge in [-0.2, -0.15) is 0 Å². The molecule has 0 aromatic heterocycles. The summed E-state index contributed by atoms with van der Waals surface area (Å²) >= 11 is 0. The summed E-state index contributed by atoms with van der Waals surface area (Å²) in [6.45, 7) is 0.632. The van der Waals surface area contributed by atoms with Gasteiger partial charge in [0.2, 0.25) is 0 Å². The fourth-order valence-electron chi connectivity index (χ4n) is 1.54. The summed E-state index contributed by atoms with van der Waals surface area (Å²) in [7, 11) is 0. The van der Waals surface area contributed by atoms with Crippen LogP contribution in [0.1, 0.15) is 6.42 Å². The van der Waals surface area contributed by atoms with Crippen LogP contribution in [0, 0.1) is 5.82 Å². The Hall–Kier alpha value is -1.13. The smallest absolute Gasteiger partial charge is 0.146 e. The number of benzene rings is 1. The minimum absolute atomic E-state index is 0.00639. The SMILES string of the molecule is NC1OCCC1Nc1ccccc1F. The lowest BCUT2D eigenvalue weighted by molar-refractivity contribution is 0.112. The highest BCUT2D eigenvalue weighted by atomic mass is 19.1. The molecule has 2 rings (SSSR count). The Morgan fingerprint density at radius 1 is 1.43 bits per heavy atom. The first-order chi connectivity index (χ1) is 6.77. The zero-order chi connectivity index (χ0) is 9.97. The van der Waals surface area contributed by atoms with Crippen molar-refractivity contribution < 1.29 is 9.13 Å². The molecule has 1 aliphatic heterocycles. The van der Waals surface area contributed by atoms with Crippen molar-refractivity contribution in [1.29, 1.82) is 0 Å². The third kappa shape index (κ3) is 1.86. The molecule has 0 amide bonds. The quantitative estimate of drug-likeness (QED) is 0.749. The first-order valence-corrected chi connectivity index (χ1v) is 4.65. The molecule has 1 aliphatic rings. The van der Waals surface area contributed by atoms with Gasteiger partial charge in [-0.25, -0.2) is 4.39 Å². The molecule has 0 bridgehead atoms. The topological polar surface area (TPSA) is 47.3 Å². The van der Waals surface area contributed by atoms with E-state index in [0.29, 0.717) is 12.3 Å². The molecule has 1 fully saturated rings. The Morgan fingerprint density at radius 2 is 2.21 bits per heavy atom. The van der Waals surface area contributed by atoms with Gasteiger partial charge in [0.05, 0.1) is 18.3 Å². The number of hydrogen-bond acceptors (Lipinski definition) is 3. The van der Waals surface area contributed by atoms with Crippen molar-refractivity contribution in [3.63, 3.8) is 0 Å². The lowest BCUT2D eigenvalue weighted by Crippen LogP contribution is -2.36. The zero-order valence-corrected chi connectivity index (χ0v) is 7.74. The summed E-state index contributed by atoms with van der Waals surface area (Å²) in [6, 6.07) is 6.56. The molecule has 1 aromatic carbocycles. The van der Waals surface area contributed by atoms with E-state index in [1.165, 1.54) is 6.07 Å². The number of hydrogen-bond donors (Lipinski definition) is 2. The molecule has 0 spiro atoms. The molecule has 1 saturated heterocycles. The maximum absolute atomic E-state index is 13.2. The van der Waals surface area contributed by atoms with E-state index in [0.717, 1.165) is 6.42 Å². The van der Waals surface area contributed by atoms with E-state index in [-0.39, 0.29) is 18.1 Å². The zero-order valence-electron chi connectivity index (χ0n) is 7.74. The summed E-state index contributed by atoms with van der Waals surface area (Å²) in [6.07, 6.45) is 0.477. The number of ether oxygens (including phenoxy) is 1. The third-order valence-corrected chi connectivity index (χ3v) is 2.35. The number of para-hydroxylation sites is 1. The second-order valence-corrected chi connectivity index (χ2v) is 3.35. The Bertz CT molecular complexity index is 319. The predicted octanol–water partition coefficient (Wildman–Crippen LogP) is 1.31. The van der Waals surface area contributed by atoms with Gasteiger partial charge in [0.25, 0.3) is 0 Å². The van der Waals surface area contributed by atoms with Gasteiger partial charge in [0, 0.05) is 0 Å². The fourth-order valence-corrected chi connectivity index (χ4v) is 1.54. The highest BCUT2D eigenvalue weighted by molar-refractivity contribution is 5.45. The van der Waals surface area contributed by atoms with Gasteiger partial charge in [-0.3, -0.25) is 0 Å². The summed E-state index contributed by atoms with van der Waals surface area (Å²) in [4.78, 5) is 0. The molecule has 0 saturated carbocycles. The van der Waals surface area contributed by atoms with Gasteiger partial charge in [0.15, 0.2) is 0 Å². The van der Waals surface area contributed by atoms with Crippen LogP contribution in [0.3, 0.4) is 0 Å². The molecular formula is C10H13FN2O. The highest BCUT2D eigenvalue weighted by Gasteiger charge is 2.24. The molecule has 1 heterocycles. The molecule has 14 heavy (non-hydrogen) atoms. The minimum Gasteiger partial charge on any atom is -0.376 e. The van der Waals surface area contributed by atoms with Crippen molar-refractivity contribution in [2.75, 3.05) is 11.9 Å². The van der Waals surface area contributed by atoms with Crippen molar-refractivity contribution in [2.45, 2.75) is 18.7 Å². The van der Waals surface area contributed by atoms with Crippen molar-refractivity contribution in [3.05, 3.63) is 30.1 Å². The van der Waals surface area contributed by atoms with Crippen LogP contribution in [0.15, 0.2) is 24.3 Å². The summed E-state index contributed by atoms with van der Waals surface area (Å²) in [5.41, 5.74) is 6.15. The van der Waals surface area contributed by atoms with Crippen LogP contribution in [-0.4, -0.2) is 18.9 Å². The van der Waals surface area contributed by atoms with Crippen LogP contribution >= 0.6 is 0 Å². The molecule has 4 heteroatoms. The van der Waals surface area contributed by atoms with Gasteiger partial charge >= 0.3 is 0 Å². The molecule has 3 nitrogen and oxygen atoms in total. The average molecular weight is 196 g/mol. The van der Waals surface area contributed by atoms with Crippen LogP contribution in [0.25, 0.3) is 0 Å². The second-order valence-electron chi connectivity index (χ2n) is 3.35.